The fourth-order valence-corrected chi connectivity index (χ4v) is 3.41. The van der Waals surface area contributed by atoms with Crippen molar-refractivity contribution in [1.82, 2.24) is 9.88 Å². The van der Waals surface area contributed by atoms with Crippen LogP contribution in [-0.4, -0.2) is 28.9 Å². The van der Waals surface area contributed by atoms with Crippen LogP contribution in [0.15, 0.2) is 33.2 Å². The van der Waals surface area contributed by atoms with E-state index in [2.05, 4.69) is 27.8 Å². The molecule has 3 rings (SSSR count). The summed E-state index contributed by atoms with van der Waals surface area (Å²) in [5, 5.41) is 0. The first-order valence-corrected chi connectivity index (χ1v) is 8.82. The normalized spacial score (nSPS) is 18.2. The van der Waals surface area contributed by atoms with E-state index in [-0.39, 0.29) is 5.91 Å². The molecule has 1 saturated heterocycles. The predicted octanol–water partition coefficient (Wildman–Crippen LogP) is 4.21. The maximum absolute atomic E-state index is 12.5. The SMILES string of the molecule is Cc1oc(-c2cccc(Br)c2)nc1CC(=O)N1CCCC(C)C1. The van der Waals surface area contributed by atoms with Gasteiger partial charge in [-0.1, -0.05) is 28.9 Å². The van der Waals surface area contributed by atoms with Gasteiger partial charge >= 0.3 is 0 Å². The Hall–Kier alpha value is -1.62. The molecule has 0 N–H and O–H groups in total. The van der Waals surface area contributed by atoms with Gasteiger partial charge in [0.2, 0.25) is 11.8 Å². The van der Waals surface area contributed by atoms with Gasteiger partial charge in [0, 0.05) is 23.1 Å². The fraction of sp³-hybridized carbons (Fsp3) is 0.444. The number of carbonyl (C=O) groups excluding carboxylic acids is 1. The number of oxazole rings is 1. The van der Waals surface area contributed by atoms with Crippen molar-refractivity contribution < 1.29 is 9.21 Å². The lowest BCUT2D eigenvalue weighted by Crippen LogP contribution is -2.40. The van der Waals surface area contributed by atoms with Crippen molar-refractivity contribution in [2.24, 2.45) is 5.92 Å². The second-order valence-corrected chi connectivity index (χ2v) is 7.21. The molecule has 23 heavy (non-hydrogen) atoms. The van der Waals surface area contributed by atoms with Crippen LogP contribution in [-0.2, 0) is 11.2 Å². The number of carbonyl (C=O) groups is 1. The van der Waals surface area contributed by atoms with E-state index in [1.165, 1.54) is 6.42 Å². The number of hydrogen-bond donors (Lipinski definition) is 0. The molecule has 0 radical (unpaired) electrons. The second kappa shape index (κ2) is 6.87. The molecule has 0 bridgehead atoms. The van der Waals surface area contributed by atoms with E-state index in [0.717, 1.165) is 41.0 Å². The molecule has 4 nitrogen and oxygen atoms in total. The first-order valence-electron chi connectivity index (χ1n) is 8.03. The van der Waals surface area contributed by atoms with Crippen LogP contribution < -0.4 is 0 Å². The number of piperidine rings is 1. The molecule has 1 amide bonds. The quantitative estimate of drug-likeness (QED) is 0.805. The van der Waals surface area contributed by atoms with Gasteiger partial charge in [0.1, 0.15) is 5.76 Å². The molecule has 0 spiro atoms. The molecule has 122 valence electrons. The Morgan fingerprint density at radius 1 is 1.48 bits per heavy atom. The molecule has 1 aromatic carbocycles. The smallest absolute Gasteiger partial charge is 0.228 e. The number of aromatic nitrogens is 1. The van der Waals surface area contributed by atoms with E-state index in [1.54, 1.807) is 0 Å². The molecule has 1 aromatic heterocycles. The van der Waals surface area contributed by atoms with Crippen LogP contribution in [0.3, 0.4) is 0 Å². The topological polar surface area (TPSA) is 46.3 Å². The zero-order chi connectivity index (χ0) is 16.4. The van der Waals surface area contributed by atoms with Crippen LogP contribution in [0, 0.1) is 12.8 Å². The summed E-state index contributed by atoms with van der Waals surface area (Å²) in [6, 6.07) is 7.82. The number of halogens is 1. The summed E-state index contributed by atoms with van der Waals surface area (Å²) >= 11 is 3.45. The molecule has 2 heterocycles. The van der Waals surface area contributed by atoms with Crippen molar-refractivity contribution in [3.63, 3.8) is 0 Å². The first kappa shape index (κ1) is 16.2. The van der Waals surface area contributed by atoms with Gasteiger partial charge in [-0.05, 0) is 43.9 Å². The van der Waals surface area contributed by atoms with Crippen LogP contribution >= 0.6 is 15.9 Å². The third kappa shape index (κ3) is 3.83. The standard InChI is InChI=1S/C18H21BrN2O2/c1-12-5-4-8-21(11-12)17(22)10-16-13(2)23-18(20-16)14-6-3-7-15(19)9-14/h3,6-7,9,12H,4-5,8,10-11H2,1-2H3. The van der Waals surface area contributed by atoms with E-state index < -0.39 is 0 Å². The molecule has 0 saturated carbocycles. The minimum Gasteiger partial charge on any atom is -0.441 e. The van der Waals surface area contributed by atoms with Gasteiger partial charge in [0.25, 0.3) is 0 Å². The number of nitrogens with zero attached hydrogens (tertiary/aromatic N) is 2. The molecule has 0 aliphatic carbocycles. The lowest BCUT2D eigenvalue weighted by Gasteiger charge is -2.30. The third-order valence-corrected chi connectivity index (χ3v) is 4.79. The van der Waals surface area contributed by atoms with Crippen LogP contribution in [0.4, 0.5) is 0 Å². The number of amides is 1. The molecule has 1 aliphatic rings. The monoisotopic (exact) mass is 376 g/mol. The van der Waals surface area contributed by atoms with E-state index in [4.69, 9.17) is 4.42 Å². The van der Waals surface area contributed by atoms with Crippen molar-refractivity contribution in [1.29, 1.82) is 0 Å². The summed E-state index contributed by atoms with van der Waals surface area (Å²) in [6.45, 7) is 5.79. The summed E-state index contributed by atoms with van der Waals surface area (Å²) in [5.41, 5.74) is 1.65. The molecular formula is C18H21BrN2O2. The summed E-state index contributed by atoms with van der Waals surface area (Å²) in [6.07, 6.45) is 2.61. The molecule has 5 heteroatoms. The lowest BCUT2D eigenvalue weighted by atomic mass is 10.00. The summed E-state index contributed by atoms with van der Waals surface area (Å²) in [5.74, 6) is 2.02. The number of hydrogen-bond acceptors (Lipinski definition) is 3. The van der Waals surface area contributed by atoms with Crippen molar-refractivity contribution >= 4 is 21.8 Å². The Morgan fingerprint density at radius 2 is 2.30 bits per heavy atom. The molecule has 1 aliphatic heterocycles. The molecule has 1 fully saturated rings. The fourth-order valence-electron chi connectivity index (χ4n) is 3.01. The zero-order valence-electron chi connectivity index (χ0n) is 13.5. The van der Waals surface area contributed by atoms with Crippen molar-refractivity contribution in [2.45, 2.75) is 33.1 Å². The van der Waals surface area contributed by atoms with Gasteiger partial charge in [-0.2, -0.15) is 0 Å². The number of rotatable bonds is 3. The highest BCUT2D eigenvalue weighted by molar-refractivity contribution is 9.10. The highest BCUT2D eigenvalue weighted by Gasteiger charge is 2.23. The average Bonchev–Trinajstić information content (AvgIpc) is 2.88. The number of aryl methyl sites for hydroxylation is 1. The van der Waals surface area contributed by atoms with Crippen molar-refractivity contribution in [2.75, 3.05) is 13.1 Å². The summed E-state index contributed by atoms with van der Waals surface area (Å²) in [7, 11) is 0. The molecule has 1 unspecified atom stereocenters. The largest absolute Gasteiger partial charge is 0.441 e. The molecular weight excluding hydrogens is 356 g/mol. The molecule has 1 atom stereocenters. The van der Waals surface area contributed by atoms with Gasteiger partial charge in [-0.3, -0.25) is 4.79 Å². The number of likely N-dealkylation sites (tertiary alicyclic amines) is 1. The first-order chi connectivity index (χ1) is 11.0. The van der Waals surface area contributed by atoms with E-state index in [1.807, 2.05) is 36.1 Å². The Balaban J connectivity index is 1.75. The van der Waals surface area contributed by atoms with Crippen molar-refractivity contribution in [3.05, 3.63) is 40.2 Å². The van der Waals surface area contributed by atoms with Crippen LogP contribution in [0.5, 0.6) is 0 Å². The minimum absolute atomic E-state index is 0.147. The molecule has 2 aromatic rings. The van der Waals surface area contributed by atoms with E-state index >= 15 is 0 Å². The zero-order valence-corrected chi connectivity index (χ0v) is 15.1. The van der Waals surface area contributed by atoms with E-state index in [0.29, 0.717) is 18.2 Å². The number of benzene rings is 1. The average molecular weight is 377 g/mol. The van der Waals surface area contributed by atoms with Crippen molar-refractivity contribution in [3.8, 4) is 11.5 Å². The minimum atomic E-state index is 0.147. The Labute approximate surface area is 145 Å². The van der Waals surface area contributed by atoms with Crippen LogP contribution in [0.1, 0.15) is 31.2 Å². The Morgan fingerprint density at radius 3 is 3.04 bits per heavy atom. The van der Waals surface area contributed by atoms with Crippen LogP contribution in [0.25, 0.3) is 11.5 Å². The van der Waals surface area contributed by atoms with Gasteiger partial charge < -0.3 is 9.32 Å². The predicted molar refractivity (Wildman–Crippen MR) is 93.1 cm³/mol. The highest BCUT2D eigenvalue weighted by atomic mass is 79.9. The Bertz CT molecular complexity index is 711. The summed E-state index contributed by atoms with van der Waals surface area (Å²) < 4.78 is 6.74. The maximum atomic E-state index is 12.5. The van der Waals surface area contributed by atoms with Gasteiger partial charge in [0.15, 0.2) is 0 Å². The van der Waals surface area contributed by atoms with E-state index in [9.17, 15) is 4.79 Å². The Kier molecular flexibility index (Phi) is 4.85. The third-order valence-electron chi connectivity index (χ3n) is 4.29. The van der Waals surface area contributed by atoms with Gasteiger partial charge in [-0.25, -0.2) is 4.98 Å². The summed E-state index contributed by atoms with van der Waals surface area (Å²) in [4.78, 5) is 19.0. The maximum Gasteiger partial charge on any atom is 0.228 e. The lowest BCUT2D eigenvalue weighted by molar-refractivity contribution is -0.132. The highest BCUT2D eigenvalue weighted by Crippen LogP contribution is 2.25. The second-order valence-electron chi connectivity index (χ2n) is 6.30. The van der Waals surface area contributed by atoms with Gasteiger partial charge in [-0.15, -0.1) is 0 Å². The van der Waals surface area contributed by atoms with Gasteiger partial charge in [0.05, 0.1) is 12.1 Å². The van der Waals surface area contributed by atoms with Crippen LogP contribution in [0.2, 0.25) is 0 Å².